The van der Waals surface area contributed by atoms with Crippen LogP contribution in [0.2, 0.25) is 5.02 Å². The molecule has 0 aliphatic heterocycles. The molecule has 2 rings (SSSR count). The summed E-state index contributed by atoms with van der Waals surface area (Å²) in [4.78, 5) is -0.497. The zero-order chi connectivity index (χ0) is 15.5. The van der Waals surface area contributed by atoms with Crippen LogP contribution >= 0.6 is 11.6 Å². The van der Waals surface area contributed by atoms with Crippen LogP contribution in [0, 0.1) is 5.82 Å². The Morgan fingerprint density at radius 2 is 1.86 bits per heavy atom. The van der Waals surface area contributed by atoms with Crippen LogP contribution in [0.25, 0.3) is 0 Å². The van der Waals surface area contributed by atoms with E-state index >= 15 is 0 Å². The van der Waals surface area contributed by atoms with Crippen molar-refractivity contribution in [1.82, 2.24) is 4.72 Å². The van der Waals surface area contributed by atoms with Crippen LogP contribution in [-0.4, -0.2) is 19.6 Å². The summed E-state index contributed by atoms with van der Waals surface area (Å²) in [5.41, 5.74) is -0.122. The molecule has 0 aromatic heterocycles. The van der Waals surface area contributed by atoms with E-state index in [1.54, 1.807) is 0 Å². The summed E-state index contributed by atoms with van der Waals surface area (Å²) >= 11 is 5.81. The highest BCUT2D eigenvalue weighted by Gasteiger charge is 2.25. The third-order valence-electron chi connectivity index (χ3n) is 3.72. The highest BCUT2D eigenvalue weighted by Crippen LogP contribution is 2.25. The third kappa shape index (κ3) is 4.16. The molecule has 21 heavy (non-hydrogen) atoms. The van der Waals surface area contributed by atoms with Crippen molar-refractivity contribution < 1.29 is 17.9 Å². The number of nitrogens with one attached hydrogen (secondary N) is 1. The SMILES string of the molecule is O=S(=O)(NC1CCCCCC1)c1cc(Cl)cc(CO)c1F. The lowest BCUT2D eigenvalue weighted by molar-refractivity contribution is 0.274. The van der Waals surface area contributed by atoms with Gasteiger partial charge in [0.2, 0.25) is 10.0 Å². The van der Waals surface area contributed by atoms with Crippen LogP contribution in [0.5, 0.6) is 0 Å². The van der Waals surface area contributed by atoms with Gasteiger partial charge in [0.05, 0.1) is 6.61 Å². The molecule has 0 amide bonds. The number of halogens is 2. The second kappa shape index (κ2) is 7.05. The van der Waals surface area contributed by atoms with Gasteiger partial charge in [0, 0.05) is 16.6 Å². The number of sulfonamides is 1. The van der Waals surface area contributed by atoms with E-state index in [2.05, 4.69) is 4.72 Å². The van der Waals surface area contributed by atoms with E-state index in [4.69, 9.17) is 16.7 Å². The number of rotatable bonds is 4. The average Bonchev–Trinajstić information content (AvgIpc) is 2.68. The van der Waals surface area contributed by atoms with Crippen LogP contribution in [-0.2, 0) is 16.6 Å². The molecule has 1 aromatic carbocycles. The van der Waals surface area contributed by atoms with Gasteiger partial charge >= 0.3 is 0 Å². The third-order valence-corrected chi connectivity index (χ3v) is 5.45. The van der Waals surface area contributed by atoms with Gasteiger partial charge in [0.25, 0.3) is 0 Å². The van der Waals surface area contributed by atoms with Gasteiger partial charge in [0.15, 0.2) is 0 Å². The molecule has 0 saturated heterocycles. The molecular weight excluding hydrogens is 317 g/mol. The minimum atomic E-state index is -3.98. The van der Waals surface area contributed by atoms with Crippen molar-refractivity contribution >= 4 is 21.6 Å². The highest BCUT2D eigenvalue weighted by atomic mass is 35.5. The molecule has 0 bridgehead atoms. The molecular formula is C14H19ClFNO3S. The van der Waals surface area contributed by atoms with Crippen molar-refractivity contribution in [1.29, 1.82) is 0 Å². The lowest BCUT2D eigenvalue weighted by Crippen LogP contribution is -2.35. The maximum atomic E-state index is 14.1. The van der Waals surface area contributed by atoms with Crippen molar-refractivity contribution in [2.45, 2.75) is 56.1 Å². The molecule has 0 spiro atoms. The van der Waals surface area contributed by atoms with E-state index in [0.29, 0.717) is 0 Å². The predicted octanol–water partition coefficient (Wildman–Crippen LogP) is 2.97. The van der Waals surface area contributed by atoms with Crippen molar-refractivity contribution in [2.75, 3.05) is 0 Å². The standard InChI is InChI=1S/C14H19ClFNO3S/c15-11-7-10(9-18)14(16)13(8-11)21(19,20)17-12-5-3-1-2-4-6-12/h7-8,12,17-18H,1-6,9H2. The van der Waals surface area contributed by atoms with E-state index in [0.717, 1.165) is 44.6 Å². The summed E-state index contributed by atoms with van der Waals surface area (Å²) < 4.78 is 41.4. The summed E-state index contributed by atoms with van der Waals surface area (Å²) in [7, 11) is -3.98. The molecule has 4 nitrogen and oxygen atoms in total. The van der Waals surface area contributed by atoms with Crippen molar-refractivity contribution in [2.24, 2.45) is 0 Å². The Bertz CT molecular complexity index is 598. The van der Waals surface area contributed by atoms with E-state index in [-0.39, 0.29) is 16.6 Å². The number of hydrogen-bond donors (Lipinski definition) is 2. The van der Waals surface area contributed by atoms with E-state index < -0.39 is 27.3 Å². The van der Waals surface area contributed by atoms with Crippen LogP contribution < -0.4 is 4.72 Å². The topological polar surface area (TPSA) is 66.4 Å². The molecule has 118 valence electrons. The molecule has 1 saturated carbocycles. The van der Waals surface area contributed by atoms with Crippen LogP contribution in [0.4, 0.5) is 4.39 Å². The number of aliphatic hydroxyl groups is 1. The van der Waals surface area contributed by atoms with Gasteiger partial charge in [-0.15, -0.1) is 0 Å². The molecule has 0 atom stereocenters. The maximum Gasteiger partial charge on any atom is 0.243 e. The largest absolute Gasteiger partial charge is 0.392 e. The molecule has 0 heterocycles. The van der Waals surface area contributed by atoms with E-state index in [1.807, 2.05) is 0 Å². The zero-order valence-electron chi connectivity index (χ0n) is 11.6. The van der Waals surface area contributed by atoms with Gasteiger partial charge in [-0.2, -0.15) is 0 Å². The summed E-state index contributed by atoms with van der Waals surface area (Å²) in [6.07, 6.45) is 5.64. The zero-order valence-corrected chi connectivity index (χ0v) is 13.2. The molecule has 1 aromatic rings. The molecule has 2 N–H and O–H groups in total. The Morgan fingerprint density at radius 3 is 2.43 bits per heavy atom. The van der Waals surface area contributed by atoms with Gasteiger partial charge in [-0.3, -0.25) is 0 Å². The van der Waals surface area contributed by atoms with Crippen molar-refractivity contribution in [3.63, 3.8) is 0 Å². The minimum absolute atomic E-state index is 0.0849. The Kier molecular flexibility index (Phi) is 5.60. The number of hydrogen-bond acceptors (Lipinski definition) is 3. The van der Waals surface area contributed by atoms with Gasteiger partial charge in [-0.1, -0.05) is 37.3 Å². The van der Waals surface area contributed by atoms with E-state index in [1.165, 1.54) is 6.07 Å². The predicted molar refractivity (Wildman–Crippen MR) is 79.1 cm³/mol. The number of aliphatic hydroxyl groups excluding tert-OH is 1. The first-order valence-electron chi connectivity index (χ1n) is 7.05. The lowest BCUT2D eigenvalue weighted by Gasteiger charge is -2.17. The fraction of sp³-hybridized carbons (Fsp3) is 0.571. The Hall–Kier alpha value is -0.690. The van der Waals surface area contributed by atoms with Gasteiger partial charge in [-0.25, -0.2) is 17.5 Å². The fourth-order valence-corrected chi connectivity index (χ4v) is 4.37. The normalized spacial score (nSPS) is 17.7. The monoisotopic (exact) mass is 335 g/mol. The Morgan fingerprint density at radius 1 is 1.24 bits per heavy atom. The van der Waals surface area contributed by atoms with Gasteiger partial charge in [0.1, 0.15) is 10.7 Å². The summed E-state index contributed by atoms with van der Waals surface area (Å²) in [6, 6.07) is 2.13. The Labute approximate surface area is 129 Å². The molecule has 1 aliphatic rings. The first-order valence-corrected chi connectivity index (χ1v) is 8.91. The molecule has 7 heteroatoms. The fourth-order valence-electron chi connectivity index (χ4n) is 2.61. The van der Waals surface area contributed by atoms with Gasteiger partial charge < -0.3 is 5.11 Å². The van der Waals surface area contributed by atoms with Crippen molar-refractivity contribution in [3.8, 4) is 0 Å². The highest BCUT2D eigenvalue weighted by molar-refractivity contribution is 7.89. The summed E-state index contributed by atoms with van der Waals surface area (Å²) in [5.74, 6) is -0.942. The van der Waals surface area contributed by atoms with Crippen LogP contribution in [0.3, 0.4) is 0 Å². The average molecular weight is 336 g/mol. The van der Waals surface area contributed by atoms with E-state index in [9.17, 15) is 12.8 Å². The number of benzene rings is 1. The summed E-state index contributed by atoms with van der Waals surface area (Å²) in [5, 5.41) is 9.16. The van der Waals surface area contributed by atoms with Gasteiger partial charge in [-0.05, 0) is 25.0 Å². The van der Waals surface area contributed by atoms with Crippen LogP contribution in [0.15, 0.2) is 17.0 Å². The van der Waals surface area contributed by atoms with Crippen LogP contribution in [0.1, 0.15) is 44.1 Å². The van der Waals surface area contributed by atoms with Crippen molar-refractivity contribution in [3.05, 3.63) is 28.5 Å². The molecule has 1 aliphatic carbocycles. The smallest absolute Gasteiger partial charge is 0.243 e. The molecule has 0 unspecified atom stereocenters. The Balaban J connectivity index is 2.28. The molecule has 0 radical (unpaired) electrons. The lowest BCUT2D eigenvalue weighted by atomic mass is 10.1. The second-order valence-electron chi connectivity index (χ2n) is 5.34. The first-order chi connectivity index (χ1) is 9.94. The first kappa shape index (κ1) is 16.7. The summed E-state index contributed by atoms with van der Waals surface area (Å²) in [6.45, 7) is -0.599. The second-order valence-corrected chi connectivity index (χ2v) is 7.46. The quantitative estimate of drug-likeness (QED) is 0.831. The maximum absolute atomic E-state index is 14.1. The minimum Gasteiger partial charge on any atom is -0.392 e. The molecule has 1 fully saturated rings.